The van der Waals surface area contributed by atoms with Crippen LogP contribution >= 0.6 is 0 Å². The van der Waals surface area contributed by atoms with Crippen molar-refractivity contribution >= 4 is 0 Å². The molecule has 1 N–H and O–H groups in total. The standard InChI is InChI=1S/C13H28N2O/c1-11(2)15(12(3)10-16-4)9-13-5-7-14-8-6-13/h11-14H,5-10H2,1-4H3. The first-order valence-corrected chi connectivity index (χ1v) is 6.60. The van der Waals surface area contributed by atoms with Crippen LogP contribution in [0.4, 0.5) is 0 Å². The Morgan fingerprint density at radius 3 is 2.38 bits per heavy atom. The van der Waals surface area contributed by atoms with Crippen molar-refractivity contribution in [1.29, 1.82) is 0 Å². The number of rotatable bonds is 6. The second-order valence-corrected chi connectivity index (χ2v) is 5.29. The van der Waals surface area contributed by atoms with Crippen molar-refractivity contribution in [2.24, 2.45) is 5.92 Å². The van der Waals surface area contributed by atoms with Gasteiger partial charge in [0.2, 0.25) is 0 Å². The molecule has 0 spiro atoms. The molecule has 0 amide bonds. The third-order valence-corrected chi connectivity index (χ3v) is 3.57. The van der Waals surface area contributed by atoms with Gasteiger partial charge in [0.25, 0.3) is 0 Å². The van der Waals surface area contributed by atoms with Gasteiger partial charge in [-0.2, -0.15) is 0 Å². The predicted molar refractivity (Wildman–Crippen MR) is 68.8 cm³/mol. The van der Waals surface area contributed by atoms with Crippen molar-refractivity contribution in [2.75, 3.05) is 33.4 Å². The molecule has 0 aromatic carbocycles. The average Bonchev–Trinajstić information content (AvgIpc) is 2.27. The van der Waals surface area contributed by atoms with Gasteiger partial charge in [-0.25, -0.2) is 0 Å². The molecule has 1 atom stereocenters. The fourth-order valence-corrected chi connectivity index (χ4v) is 2.60. The molecule has 1 aliphatic heterocycles. The maximum atomic E-state index is 5.27. The molecule has 0 radical (unpaired) electrons. The van der Waals surface area contributed by atoms with E-state index in [1.807, 2.05) is 0 Å². The minimum absolute atomic E-state index is 0.528. The van der Waals surface area contributed by atoms with Crippen LogP contribution in [-0.2, 0) is 4.74 Å². The molecule has 1 unspecified atom stereocenters. The summed E-state index contributed by atoms with van der Waals surface area (Å²) in [6, 6.07) is 1.14. The second-order valence-electron chi connectivity index (χ2n) is 5.29. The Kier molecular flexibility index (Phi) is 6.32. The van der Waals surface area contributed by atoms with Crippen molar-refractivity contribution in [3.05, 3.63) is 0 Å². The first kappa shape index (κ1) is 13.9. The van der Waals surface area contributed by atoms with Crippen LogP contribution in [0.25, 0.3) is 0 Å². The second kappa shape index (κ2) is 7.25. The lowest BCUT2D eigenvalue weighted by atomic mass is 9.96. The first-order valence-electron chi connectivity index (χ1n) is 6.60. The summed E-state index contributed by atoms with van der Waals surface area (Å²) in [6.45, 7) is 11.3. The monoisotopic (exact) mass is 228 g/mol. The Hall–Kier alpha value is -0.120. The lowest BCUT2D eigenvalue weighted by molar-refractivity contribution is 0.0627. The quantitative estimate of drug-likeness (QED) is 0.749. The van der Waals surface area contributed by atoms with Crippen LogP contribution in [0.2, 0.25) is 0 Å². The third kappa shape index (κ3) is 4.40. The summed E-state index contributed by atoms with van der Waals surface area (Å²) < 4.78 is 5.27. The molecule has 0 aromatic heterocycles. The van der Waals surface area contributed by atoms with E-state index in [-0.39, 0.29) is 0 Å². The van der Waals surface area contributed by atoms with Crippen LogP contribution in [0.5, 0.6) is 0 Å². The van der Waals surface area contributed by atoms with Crippen LogP contribution < -0.4 is 5.32 Å². The summed E-state index contributed by atoms with van der Waals surface area (Å²) in [6.07, 6.45) is 2.64. The molecule has 1 saturated heterocycles. The number of hydrogen-bond donors (Lipinski definition) is 1. The zero-order chi connectivity index (χ0) is 12.0. The smallest absolute Gasteiger partial charge is 0.0615 e. The summed E-state index contributed by atoms with van der Waals surface area (Å²) in [5, 5.41) is 3.43. The van der Waals surface area contributed by atoms with E-state index in [1.54, 1.807) is 7.11 Å². The zero-order valence-corrected chi connectivity index (χ0v) is 11.3. The van der Waals surface area contributed by atoms with Crippen molar-refractivity contribution < 1.29 is 4.74 Å². The van der Waals surface area contributed by atoms with E-state index in [4.69, 9.17) is 4.74 Å². The van der Waals surface area contributed by atoms with Gasteiger partial charge < -0.3 is 10.1 Å². The van der Waals surface area contributed by atoms with Crippen molar-refractivity contribution in [3.63, 3.8) is 0 Å². The molecule has 16 heavy (non-hydrogen) atoms. The van der Waals surface area contributed by atoms with Gasteiger partial charge in [0.05, 0.1) is 6.61 Å². The van der Waals surface area contributed by atoms with E-state index in [9.17, 15) is 0 Å². The Morgan fingerprint density at radius 2 is 1.88 bits per heavy atom. The van der Waals surface area contributed by atoms with Crippen molar-refractivity contribution in [3.8, 4) is 0 Å². The number of piperidine rings is 1. The van der Waals surface area contributed by atoms with E-state index in [0.717, 1.165) is 12.5 Å². The number of hydrogen-bond acceptors (Lipinski definition) is 3. The summed E-state index contributed by atoms with van der Waals surface area (Å²) in [5.74, 6) is 0.864. The van der Waals surface area contributed by atoms with Gasteiger partial charge in [-0.15, -0.1) is 0 Å². The summed E-state index contributed by atoms with van der Waals surface area (Å²) in [4.78, 5) is 2.58. The maximum absolute atomic E-state index is 5.27. The Bertz CT molecular complexity index is 179. The highest BCUT2D eigenvalue weighted by atomic mass is 16.5. The van der Waals surface area contributed by atoms with Crippen LogP contribution in [0, 0.1) is 5.92 Å². The molecule has 3 nitrogen and oxygen atoms in total. The molecule has 1 fully saturated rings. The highest BCUT2D eigenvalue weighted by Gasteiger charge is 2.22. The molecule has 0 aliphatic carbocycles. The van der Waals surface area contributed by atoms with Gasteiger partial charge in [-0.1, -0.05) is 0 Å². The van der Waals surface area contributed by atoms with Crippen LogP contribution in [0.15, 0.2) is 0 Å². The van der Waals surface area contributed by atoms with Crippen molar-refractivity contribution in [1.82, 2.24) is 10.2 Å². The summed E-state index contributed by atoms with van der Waals surface area (Å²) in [5.41, 5.74) is 0. The Balaban J connectivity index is 2.42. The van der Waals surface area contributed by atoms with Gasteiger partial charge in [-0.05, 0) is 52.6 Å². The summed E-state index contributed by atoms with van der Waals surface area (Å²) in [7, 11) is 1.79. The van der Waals surface area contributed by atoms with Crippen LogP contribution in [0.3, 0.4) is 0 Å². The van der Waals surface area contributed by atoms with E-state index < -0.39 is 0 Å². The molecule has 1 heterocycles. The zero-order valence-electron chi connectivity index (χ0n) is 11.3. The Labute approximate surface area is 101 Å². The van der Waals surface area contributed by atoms with E-state index in [2.05, 4.69) is 31.0 Å². The van der Waals surface area contributed by atoms with Gasteiger partial charge in [-0.3, -0.25) is 4.90 Å². The van der Waals surface area contributed by atoms with E-state index in [0.29, 0.717) is 12.1 Å². The SMILES string of the molecule is COCC(C)N(CC1CCNCC1)C(C)C. The molecule has 0 saturated carbocycles. The van der Waals surface area contributed by atoms with Gasteiger partial charge in [0.15, 0.2) is 0 Å². The number of ether oxygens (including phenoxy) is 1. The first-order chi connectivity index (χ1) is 7.65. The predicted octanol–water partition coefficient (Wildman–Crippen LogP) is 1.73. The number of nitrogens with zero attached hydrogens (tertiary/aromatic N) is 1. The van der Waals surface area contributed by atoms with Gasteiger partial charge in [0.1, 0.15) is 0 Å². The fraction of sp³-hybridized carbons (Fsp3) is 1.00. The van der Waals surface area contributed by atoms with Crippen LogP contribution in [-0.4, -0.2) is 50.3 Å². The third-order valence-electron chi connectivity index (χ3n) is 3.57. The topological polar surface area (TPSA) is 24.5 Å². The normalized spacial score (nSPS) is 20.6. The summed E-state index contributed by atoms with van der Waals surface area (Å²) >= 11 is 0. The minimum atomic E-state index is 0.528. The molecule has 1 rings (SSSR count). The number of nitrogens with one attached hydrogen (secondary N) is 1. The Morgan fingerprint density at radius 1 is 1.25 bits per heavy atom. The minimum Gasteiger partial charge on any atom is -0.383 e. The van der Waals surface area contributed by atoms with Gasteiger partial charge >= 0.3 is 0 Å². The molecule has 96 valence electrons. The lowest BCUT2D eigenvalue weighted by Gasteiger charge is -2.36. The molecular weight excluding hydrogens is 200 g/mol. The number of methoxy groups -OCH3 is 1. The molecule has 0 aromatic rings. The lowest BCUT2D eigenvalue weighted by Crippen LogP contribution is -2.45. The van der Waals surface area contributed by atoms with Crippen LogP contribution in [0.1, 0.15) is 33.6 Å². The fourth-order valence-electron chi connectivity index (χ4n) is 2.60. The average molecular weight is 228 g/mol. The van der Waals surface area contributed by atoms with Gasteiger partial charge in [0, 0.05) is 25.7 Å². The molecular formula is C13H28N2O. The molecule has 1 aliphatic rings. The highest BCUT2D eigenvalue weighted by molar-refractivity contribution is 4.77. The highest BCUT2D eigenvalue weighted by Crippen LogP contribution is 2.17. The maximum Gasteiger partial charge on any atom is 0.0615 e. The van der Waals surface area contributed by atoms with E-state index >= 15 is 0 Å². The van der Waals surface area contributed by atoms with E-state index in [1.165, 1.54) is 32.5 Å². The largest absolute Gasteiger partial charge is 0.383 e. The molecule has 0 bridgehead atoms. The molecule has 3 heteroatoms. The van der Waals surface area contributed by atoms with Crippen molar-refractivity contribution in [2.45, 2.75) is 45.7 Å².